The lowest BCUT2D eigenvalue weighted by Crippen LogP contribution is -2.52. The number of carbonyl (C=O) groups is 2. The molecule has 21 heavy (non-hydrogen) atoms. The van der Waals surface area contributed by atoms with Crippen LogP contribution < -0.4 is 15.0 Å². The van der Waals surface area contributed by atoms with Gasteiger partial charge in [0.1, 0.15) is 5.75 Å². The molecule has 1 heterocycles. The molecule has 2 rings (SSSR count). The third kappa shape index (κ3) is 3.35. The summed E-state index contributed by atoms with van der Waals surface area (Å²) < 4.78 is 5.75. The predicted molar refractivity (Wildman–Crippen MR) is 81.3 cm³/mol. The number of ether oxygens (including phenoxy) is 1. The Balaban J connectivity index is 2.18. The molecule has 1 aromatic carbocycles. The minimum absolute atomic E-state index is 0.0593. The van der Waals surface area contributed by atoms with Crippen molar-refractivity contribution in [3.8, 4) is 5.75 Å². The second-order valence-electron chi connectivity index (χ2n) is 5.75. The zero-order valence-corrected chi connectivity index (χ0v) is 12.9. The SMILES string of the molecule is CC(=O)N1C[C@H](C(=O)N[C@H](C)C(C)C)Oc2ccccc21. The number of hydrogen-bond acceptors (Lipinski definition) is 3. The summed E-state index contributed by atoms with van der Waals surface area (Å²) in [5.41, 5.74) is 0.714. The first-order chi connectivity index (χ1) is 9.90. The lowest BCUT2D eigenvalue weighted by atomic mass is 10.1. The Labute approximate surface area is 125 Å². The van der Waals surface area contributed by atoms with E-state index >= 15 is 0 Å². The van der Waals surface area contributed by atoms with E-state index in [0.29, 0.717) is 17.4 Å². The van der Waals surface area contributed by atoms with Crippen molar-refractivity contribution in [2.75, 3.05) is 11.4 Å². The van der Waals surface area contributed by atoms with Gasteiger partial charge in [-0.15, -0.1) is 0 Å². The van der Waals surface area contributed by atoms with Crippen LogP contribution in [0.2, 0.25) is 0 Å². The van der Waals surface area contributed by atoms with Crippen LogP contribution >= 0.6 is 0 Å². The fourth-order valence-corrected chi connectivity index (χ4v) is 2.15. The first kappa shape index (κ1) is 15.4. The molecular weight excluding hydrogens is 268 g/mol. The average molecular weight is 290 g/mol. The molecule has 1 N–H and O–H groups in total. The molecule has 0 saturated carbocycles. The summed E-state index contributed by atoms with van der Waals surface area (Å²) in [4.78, 5) is 25.7. The number of benzene rings is 1. The number of anilines is 1. The summed E-state index contributed by atoms with van der Waals surface area (Å²) in [6, 6.07) is 7.33. The van der Waals surface area contributed by atoms with Crippen LogP contribution in [0.3, 0.4) is 0 Å². The first-order valence-electron chi connectivity index (χ1n) is 7.24. The number of amides is 2. The van der Waals surface area contributed by atoms with E-state index < -0.39 is 6.10 Å². The van der Waals surface area contributed by atoms with Gasteiger partial charge in [-0.25, -0.2) is 0 Å². The normalized spacial score (nSPS) is 18.7. The number of hydrogen-bond donors (Lipinski definition) is 1. The highest BCUT2D eigenvalue weighted by molar-refractivity contribution is 5.95. The summed E-state index contributed by atoms with van der Waals surface area (Å²) in [6.45, 7) is 7.78. The van der Waals surface area contributed by atoms with Crippen molar-refractivity contribution in [3.63, 3.8) is 0 Å². The molecule has 0 aromatic heterocycles. The van der Waals surface area contributed by atoms with Crippen molar-refractivity contribution in [2.24, 2.45) is 5.92 Å². The quantitative estimate of drug-likeness (QED) is 0.926. The number of nitrogens with zero attached hydrogens (tertiary/aromatic N) is 1. The Morgan fingerprint density at radius 1 is 1.29 bits per heavy atom. The van der Waals surface area contributed by atoms with E-state index in [1.165, 1.54) is 6.92 Å². The number of rotatable bonds is 3. The Morgan fingerprint density at radius 3 is 2.57 bits per heavy atom. The van der Waals surface area contributed by atoms with E-state index in [1.807, 2.05) is 39.0 Å². The molecule has 5 nitrogen and oxygen atoms in total. The van der Waals surface area contributed by atoms with E-state index in [2.05, 4.69) is 5.32 Å². The average Bonchev–Trinajstić information content (AvgIpc) is 2.45. The van der Waals surface area contributed by atoms with Crippen LogP contribution in [0.4, 0.5) is 5.69 Å². The van der Waals surface area contributed by atoms with Gasteiger partial charge in [0.05, 0.1) is 12.2 Å². The largest absolute Gasteiger partial charge is 0.477 e. The van der Waals surface area contributed by atoms with Gasteiger partial charge >= 0.3 is 0 Å². The van der Waals surface area contributed by atoms with Gasteiger partial charge in [-0.3, -0.25) is 9.59 Å². The molecule has 114 valence electrons. The van der Waals surface area contributed by atoms with E-state index in [1.54, 1.807) is 11.0 Å². The Bertz CT molecular complexity index is 542. The van der Waals surface area contributed by atoms with Gasteiger partial charge in [-0.1, -0.05) is 26.0 Å². The van der Waals surface area contributed by atoms with E-state index in [9.17, 15) is 9.59 Å². The second kappa shape index (κ2) is 6.16. The molecule has 2 atom stereocenters. The lowest BCUT2D eigenvalue weighted by Gasteiger charge is -2.34. The standard InChI is InChI=1S/C16H22N2O3/c1-10(2)11(3)17-16(20)15-9-18(12(4)19)13-7-5-6-8-14(13)21-15/h5-8,10-11,15H,9H2,1-4H3,(H,17,20)/t11-,15-/m1/s1. The van der Waals surface area contributed by atoms with Crippen molar-refractivity contribution in [1.82, 2.24) is 5.32 Å². The first-order valence-corrected chi connectivity index (χ1v) is 7.24. The van der Waals surface area contributed by atoms with Crippen LogP contribution in [0.5, 0.6) is 5.75 Å². The van der Waals surface area contributed by atoms with E-state index in [0.717, 1.165) is 0 Å². The van der Waals surface area contributed by atoms with Crippen LogP contribution in [0.15, 0.2) is 24.3 Å². The minimum Gasteiger partial charge on any atom is -0.477 e. The van der Waals surface area contributed by atoms with Gasteiger partial charge < -0.3 is 15.0 Å². The van der Waals surface area contributed by atoms with Crippen LogP contribution in [0, 0.1) is 5.92 Å². The molecule has 0 radical (unpaired) electrons. The van der Waals surface area contributed by atoms with Gasteiger partial charge in [-0.05, 0) is 25.0 Å². The summed E-state index contributed by atoms with van der Waals surface area (Å²) >= 11 is 0. The van der Waals surface area contributed by atoms with Crippen molar-refractivity contribution in [3.05, 3.63) is 24.3 Å². The van der Waals surface area contributed by atoms with Gasteiger partial charge in [-0.2, -0.15) is 0 Å². The number of nitrogens with one attached hydrogen (secondary N) is 1. The van der Waals surface area contributed by atoms with Crippen molar-refractivity contribution in [2.45, 2.75) is 39.8 Å². The minimum atomic E-state index is -0.676. The Morgan fingerprint density at radius 2 is 1.95 bits per heavy atom. The molecule has 1 aromatic rings. The summed E-state index contributed by atoms with van der Waals surface area (Å²) in [5.74, 6) is 0.627. The van der Waals surface area contributed by atoms with Gasteiger partial charge in [0, 0.05) is 13.0 Å². The van der Waals surface area contributed by atoms with Crippen LogP contribution in [0.1, 0.15) is 27.7 Å². The molecule has 0 bridgehead atoms. The van der Waals surface area contributed by atoms with Gasteiger partial charge in [0.25, 0.3) is 5.91 Å². The van der Waals surface area contributed by atoms with Crippen molar-refractivity contribution in [1.29, 1.82) is 0 Å². The van der Waals surface area contributed by atoms with E-state index in [4.69, 9.17) is 4.74 Å². The zero-order chi connectivity index (χ0) is 15.6. The summed E-state index contributed by atoms with van der Waals surface area (Å²) in [5, 5.41) is 2.94. The molecule has 5 heteroatoms. The third-order valence-corrected chi connectivity index (χ3v) is 3.82. The van der Waals surface area contributed by atoms with Gasteiger partial charge in [0.15, 0.2) is 6.10 Å². The monoisotopic (exact) mass is 290 g/mol. The maximum Gasteiger partial charge on any atom is 0.263 e. The molecule has 0 unspecified atom stereocenters. The Kier molecular flexibility index (Phi) is 4.50. The molecule has 0 aliphatic carbocycles. The topological polar surface area (TPSA) is 58.6 Å². The molecule has 1 aliphatic heterocycles. The fourth-order valence-electron chi connectivity index (χ4n) is 2.15. The van der Waals surface area contributed by atoms with Crippen LogP contribution in [-0.2, 0) is 9.59 Å². The number of carbonyl (C=O) groups excluding carboxylic acids is 2. The maximum absolute atomic E-state index is 12.3. The highest BCUT2D eigenvalue weighted by atomic mass is 16.5. The molecule has 0 fully saturated rings. The van der Waals surface area contributed by atoms with Crippen LogP contribution in [0.25, 0.3) is 0 Å². The fraction of sp³-hybridized carbons (Fsp3) is 0.500. The smallest absolute Gasteiger partial charge is 0.263 e. The molecule has 0 saturated heterocycles. The highest BCUT2D eigenvalue weighted by Gasteiger charge is 2.33. The lowest BCUT2D eigenvalue weighted by molar-refractivity contribution is -0.129. The molecular formula is C16H22N2O3. The van der Waals surface area contributed by atoms with Crippen molar-refractivity contribution >= 4 is 17.5 Å². The number of fused-ring (bicyclic) bond motifs is 1. The molecule has 1 aliphatic rings. The Hall–Kier alpha value is -2.04. The maximum atomic E-state index is 12.3. The zero-order valence-electron chi connectivity index (χ0n) is 12.9. The molecule has 2 amide bonds. The van der Waals surface area contributed by atoms with Crippen LogP contribution in [-0.4, -0.2) is 30.5 Å². The third-order valence-electron chi connectivity index (χ3n) is 3.82. The van der Waals surface area contributed by atoms with E-state index in [-0.39, 0.29) is 24.4 Å². The molecule has 0 spiro atoms. The highest BCUT2D eigenvalue weighted by Crippen LogP contribution is 2.33. The van der Waals surface area contributed by atoms with Crippen molar-refractivity contribution < 1.29 is 14.3 Å². The second-order valence-corrected chi connectivity index (χ2v) is 5.75. The summed E-state index contributed by atoms with van der Waals surface area (Å²) in [7, 11) is 0. The van der Waals surface area contributed by atoms with Gasteiger partial charge in [0.2, 0.25) is 5.91 Å². The summed E-state index contributed by atoms with van der Waals surface area (Å²) in [6.07, 6.45) is -0.676. The predicted octanol–water partition coefficient (Wildman–Crippen LogP) is 1.96. The number of para-hydroxylation sites is 2.